The van der Waals surface area contributed by atoms with Gasteiger partial charge in [-0.25, -0.2) is 4.98 Å². The molecule has 2 aromatic heterocycles. The number of rotatable bonds is 7. The van der Waals surface area contributed by atoms with Crippen molar-refractivity contribution in [1.82, 2.24) is 14.9 Å². The maximum Gasteiger partial charge on any atom is 0.303 e. The summed E-state index contributed by atoms with van der Waals surface area (Å²) in [5, 5.41) is 14.1. The molecular weight excluding hydrogens is 424 g/mol. The van der Waals surface area contributed by atoms with Crippen LogP contribution in [0.3, 0.4) is 0 Å². The van der Waals surface area contributed by atoms with E-state index in [1.807, 2.05) is 24.4 Å². The van der Waals surface area contributed by atoms with E-state index in [4.69, 9.17) is 4.98 Å². The number of likely N-dealkylation sites (tertiary alicyclic amines) is 1. The van der Waals surface area contributed by atoms with E-state index in [-0.39, 0.29) is 12.3 Å². The molecule has 1 saturated heterocycles. The predicted octanol–water partition coefficient (Wildman–Crippen LogP) is 4.50. The molecular formula is C28H32N4O2. The third-order valence-corrected chi connectivity index (χ3v) is 8.15. The van der Waals surface area contributed by atoms with Gasteiger partial charge in [-0.15, -0.1) is 0 Å². The molecule has 2 N–H and O–H groups in total. The van der Waals surface area contributed by atoms with Gasteiger partial charge in [0.2, 0.25) is 0 Å². The minimum Gasteiger partial charge on any atom is -0.481 e. The summed E-state index contributed by atoms with van der Waals surface area (Å²) in [6, 6.07) is 14.6. The summed E-state index contributed by atoms with van der Waals surface area (Å²) in [5.74, 6) is 0.829. The molecule has 34 heavy (non-hydrogen) atoms. The Morgan fingerprint density at radius 3 is 2.91 bits per heavy atom. The lowest BCUT2D eigenvalue weighted by Gasteiger charge is -2.61. The molecule has 6 heteroatoms. The van der Waals surface area contributed by atoms with Crippen LogP contribution in [0, 0.1) is 11.3 Å². The Morgan fingerprint density at radius 2 is 2.06 bits per heavy atom. The Morgan fingerprint density at radius 1 is 1.21 bits per heavy atom. The number of aromatic nitrogens is 2. The zero-order chi connectivity index (χ0) is 23.1. The summed E-state index contributed by atoms with van der Waals surface area (Å²) in [4.78, 5) is 23.6. The summed E-state index contributed by atoms with van der Waals surface area (Å²) < 4.78 is 0. The Hall–Kier alpha value is -2.99. The van der Waals surface area contributed by atoms with Gasteiger partial charge in [0.1, 0.15) is 5.82 Å². The topological polar surface area (TPSA) is 78.3 Å². The first-order chi connectivity index (χ1) is 16.6. The first-order valence-electron chi connectivity index (χ1n) is 12.6. The van der Waals surface area contributed by atoms with Crippen LogP contribution >= 0.6 is 0 Å². The number of fused-ring (bicyclic) bond motifs is 2. The van der Waals surface area contributed by atoms with Crippen molar-refractivity contribution in [3.05, 3.63) is 65.5 Å². The van der Waals surface area contributed by atoms with Gasteiger partial charge >= 0.3 is 5.97 Å². The molecule has 2 fully saturated rings. The van der Waals surface area contributed by atoms with Crippen LogP contribution in [0.1, 0.15) is 48.4 Å². The second-order valence-electron chi connectivity index (χ2n) is 10.6. The molecule has 6 rings (SSSR count). The van der Waals surface area contributed by atoms with Gasteiger partial charge < -0.3 is 15.3 Å². The fourth-order valence-corrected chi connectivity index (χ4v) is 6.47. The predicted molar refractivity (Wildman–Crippen MR) is 133 cm³/mol. The van der Waals surface area contributed by atoms with Crippen LogP contribution in [0.15, 0.2) is 48.7 Å². The highest BCUT2D eigenvalue weighted by atomic mass is 16.4. The van der Waals surface area contributed by atoms with Crippen molar-refractivity contribution in [2.75, 3.05) is 31.5 Å². The van der Waals surface area contributed by atoms with Crippen molar-refractivity contribution in [2.45, 2.75) is 44.4 Å². The van der Waals surface area contributed by atoms with Crippen molar-refractivity contribution in [1.29, 1.82) is 0 Å². The number of hydrogen-bond acceptors (Lipinski definition) is 5. The van der Waals surface area contributed by atoms with Crippen LogP contribution in [0.5, 0.6) is 0 Å². The fourth-order valence-electron chi connectivity index (χ4n) is 6.47. The lowest BCUT2D eigenvalue weighted by atomic mass is 9.53. The monoisotopic (exact) mass is 456 g/mol. The Kier molecular flexibility index (Phi) is 5.48. The molecule has 1 aromatic carbocycles. The Bertz CT molecular complexity index is 1210. The van der Waals surface area contributed by atoms with Gasteiger partial charge in [-0.05, 0) is 72.3 Å². The molecule has 0 amide bonds. The van der Waals surface area contributed by atoms with Crippen LogP contribution in [-0.4, -0.2) is 52.1 Å². The van der Waals surface area contributed by atoms with E-state index in [9.17, 15) is 9.90 Å². The van der Waals surface area contributed by atoms with E-state index in [0.717, 1.165) is 74.1 Å². The van der Waals surface area contributed by atoms with E-state index in [1.54, 1.807) is 0 Å². The molecule has 6 nitrogen and oxygen atoms in total. The maximum atomic E-state index is 11.7. The van der Waals surface area contributed by atoms with Crippen molar-refractivity contribution < 1.29 is 9.90 Å². The summed E-state index contributed by atoms with van der Waals surface area (Å²) in [6.07, 6.45) is 7.62. The van der Waals surface area contributed by atoms with Gasteiger partial charge in [-0.3, -0.25) is 9.78 Å². The third kappa shape index (κ3) is 4.16. The zero-order valence-electron chi connectivity index (χ0n) is 19.5. The summed E-state index contributed by atoms with van der Waals surface area (Å²) in [7, 11) is 0. The number of aryl methyl sites for hydroxylation is 1. The quantitative estimate of drug-likeness (QED) is 0.545. The molecule has 0 bridgehead atoms. The number of nitrogens with zero attached hydrogens (tertiary/aromatic N) is 3. The number of carboxylic acids is 1. The minimum atomic E-state index is -0.721. The van der Waals surface area contributed by atoms with Crippen LogP contribution in [0.4, 0.5) is 5.82 Å². The van der Waals surface area contributed by atoms with Crippen LogP contribution < -0.4 is 5.32 Å². The molecule has 1 saturated carbocycles. The van der Waals surface area contributed by atoms with Crippen molar-refractivity contribution >= 4 is 22.7 Å². The average molecular weight is 457 g/mol. The standard InChI is InChI=1S/C28H32N4O2/c33-26(34)13-24(21-12-20-4-1-2-6-25(20)30-16-21)22-14-28(15-22)17-32(18-28)11-9-23-8-7-19-5-3-10-29-27(19)31-23/h1-2,4,6-8,12,16,22,24H,3,5,9-11,13-15,17-18H2,(H,29,31)(H,33,34). The van der Waals surface area contributed by atoms with Gasteiger partial charge in [0.05, 0.1) is 11.9 Å². The molecule has 2 aliphatic heterocycles. The van der Waals surface area contributed by atoms with E-state index >= 15 is 0 Å². The van der Waals surface area contributed by atoms with Crippen LogP contribution in [-0.2, 0) is 17.6 Å². The smallest absolute Gasteiger partial charge is 0.303 e. The molecule has 1 atom stereocenters. The van der Waals surface area contributed by atoms with Crippen LogP contribution in [0.2, 0.25) is 0 Å². The first kappa shape index (κ1) is 21.5. The molecule has 3 aliphatic rings. The first-order valence-corrected chi connectivity index (χ1v) is 12.6. The van der Waals surface area contributed by atoms with E-state index in [1.165, 1.54) is 17.7 Å². The second-order valence-corrected chi connectivity index (χ2v) is 10.6. The lowest BCUT2D eigenvalue weighted by Crippen LogP contribution is -2.63. The van der Waals surface area contributed by atoms with Crippen molar-refractivity contribution in [2.24, 2.45) is 11.3 Å². The highest BCUT2D eigenvalue weighted by molar-refractivity contribution is 5.79. The SMILES string of the molecule is O=C(O)CC(c1cnc2ccccc2c1)C1CC2(C1)CN(CCc1ccc3c(n1)NCCC3)C2. The number of nitrogens with one attached hydrogen (secondary N) is 1. The molecule has 1 unspecified atom stereocenters. The Labute approximate surface area is 200 Å². The largest absolute Gasteiger partial charge is 0.481 e. The average Bonchev–Trinajstić information content (AvgIpc) is 2.80. The molecule has 1 spiro atoms. The molecule has 176 valence electrons. The highest BCUT2D eigenvalue weighted by Crippen LogP contribution is 2.57. The number of hydrogen-bond donors (Lipinski definition) is 2. The van der Waals surface area contributed by atoms with Gasteiger partial charge in [-0.2, -0.15) is 0 Å². The van der Waals surface area contributed by atoms with Crippen molar-refractivity contribution in [3.63, 3.8) is 0 Å². The van der Waals surface area contributed by atoms with Gasteiger partial charge in [-0.1, -0.05) is 24.3 Å². The second kappa shape index (κ2) is 8.66. The van der Waals surface area contributed by atoms with E-state index in [0.29, 0.717) is 11.3 Å². The molecule has 0 radical (unpaired) electrons. The van der Waals surface area contributed by atoms with Crippen molar-refractivity contribution in [3.8, 4) is 0 Å². The molecule has 3 aromatic rings. The third-order valence-electron chi connectivity index (χ3n) is 8.15. The summed E-state index contributed by atoms with van der Waals surface area (Å²) >= 11 is 0. The number of benzene rings is 1. The number of carbonyl (C=O) groups is 1. The zero-order valence-corrected chi connectivity index (χ0v) is 19.5. The number of pyridine rings is 2. The number of carboxylic acid groups (broad SMARTS) is 1. The van der Waals surface area contributed by atoms with Gasteiger partial charge in [0.15, 0.2) is 0 Å². The number of para-hydroxylation sites is 1. The fraction of sp³-hybridized carbons (Fsp3) is 0.464. The van der Waals surface area contributed by atoms with Gasteiger partial charge in [0.25, 0.3) is 0 Å². The maximum absolute atomic E-state index is 11.7. The normalized spacial score (nSPS) is 20.2. The highest BCUT2D eigenvalue weighted by Gasteiger charge is 2.54. The number of aliphatic carboxylic acids is 1. The minimum absolute atomic E-state index is 0.0430. The summed E-state index contributed by atoms with van der Waals surface area (Å²) in [5.41, 5.74) is 4.94. The lowest BCUT2D eigenvalue weighted by molar-refractivity contribution is -0.140. The molecule has 1 aliphatic carbocycles. The number of anilines is 1. The van der Waals surface area contributed by atoms with Crippen LogP contribution in [0.25, 0.3) is 10.9 Å². The van der Waals surface area contributed by atoms with E-state index < -0.39 is 5.97 Å². The molecule has 4 heterocycles. The van der Waals surface area contributed by atoms with Gasteiger partial charge in [0, 0.05) is 49.9 Å². The Balaban J connectivity index is 1.05. The summed E-state index contributed by atoms with van der Waals surface area (Å²) in [6.45, 7) is 4.33. The van der Waals surface area contributed by atoms with E-state index in [2.05, 4.69) is 39.5 Å².